The summed E-state index contributed by atoms with van der Waals surface area (Å²) in [6.07, 6.45) is 0. The zero-order valence-corrected chi connectivity index (χ0v) is 12.3. The maximum absolute atomic E-state index is 12.2. The molecule has 0 bridgehead atoms. The van der Waals surface area contributed by atoms with Gasteiger partial charge in [-0.3, -0.25) is 0 Å². The Labute approximate surface area is 122 Å². The van der Waals surface area contributed by atoms with Crippen LogP contribution in [0.1, 0.15) is 21.7 Å². The summed E-state index contributed by atoms with van der Waals surface area (Å²) < 4.78 is 15.4. The van der Waals surface area contributed by atoms with Crippen LogP contribution in [0.5, 0.6) is 17.5 Å². The normalized spacial score (nSPS) is 10.1. The quantitative estimate of drug-likeness (QED) is 0.635. The van der Waals surface area contributed by atoms with Crippen molar-refractivity contribution in [3.8, 4) is 17.5 Å². The van der Waals surface area contributed by atoms with Crippen LogP contribution < -0.4 is 14.2 Å². The molecule has 0 atom stereocenters. The van der Waals surface area contributed by atoms with Gasteiger partial charge in [0.15, 0.2) is 0 Å². The third-order valence-corrected chi connectivity index (χ3v) is 2.88. The Morgan fingerprint density at radius 3 is 2.00 bits per heavy atom. The van der Waals surface area contributed by atoms with E-state index in [0.717, 1.165) is 11.1 Å². The molecule has 1 aromatic carbocycles. The molecule has 1 heterocycles. The van der Waals surface area contributed by atoms with Gasteiger partial charge in [0, 0.05) is 0 Å². The minimum Gasteiger partial charge on any atom is -0.481 e. The summed E-state index contributed by atoms with van der Waals surface area (Å²) in [4.78, 5) is 20.1. The lowest BCUT2D eigenvalue weighted by Gasteiger charge is -2.10. The highest BCUT2D eigenvalue weighted by molar-refractivity contribution is 5.87. The molecule has 1 aromatic heterocycles. The first-order chi connectivity index (χ1) is 10.0. The minimum atomic E-state index is -0.662. The molecule has 0 unspecified atom stereocenters. The molecule has 0 aliphatic heterocycles. The van der Waals surface area contributed by atoms with E-state index in [1.165, 1.54) is 20.3 Å². The number of benzene rings is 1. The van der Waals surface area contributed by atoms with Crippen LogP contribution >= 0.6 is 0 Å². The largest absolute Gasteiger partial charge is 0.481 e. The van der Waals surface area contributed by atoms with Gasteiger partial charge in [-0.1, -0.05) is 18.2 Å². The number of ether oxygens (including phenoxy) is 3. The smallest absolute Gasteiger partial charge is 0.382 e. The van der Waals surface area contributed by atoms with Crippen molar-refractivity contribution < 1.29 is 19.0 Å². The van der Waals surface area contributed by atoms with E-state index < -0.39 is 5.97 Å². The van der Waals surface area contributed by atoms with E-state index in [1.54, 1.807) is 0 Å². The highest BCUT2D eigenvalue weighted by atomic mass is 16.5. The first-order valence-corrected chi connectivity index (χ1v) is 6.30. The van der Waals surface area contributed by atoms with E-state index in [0.29, 0.717) is 5.75 Å². The second kappa shape index (κ2) is 6.21. The fourth-order valence-electron chi connectivity index (χ4n) is 1.80. The van der Waals surface area contributed by atoms with E-state index in [2.05, 4.69) is 9.97 Å². The van der Waals surface area contributed by atoms with Crippen LogP contribution in [-0.4, -0.2) is 30.2 Å². The van der Waals surface area contributed by atoms with Gasteiger partial charge in [0.05, 0.1) is 20.3 Å². The molecule has 2 rings (SSSR count). The van der Waals surface area contributed by atoms with Gasteiger partial charge in [-0.2, -0.15) is 9.97 Å². The average Bonchev–Trinajstić information content (AvgIpc) is 2.50. The number of para-hydroxylation sites is 1. The molecule has 0 fully saturated rings. The number of carbonyl (C=O) groups is 1. The summed E-state index contributed by atoms with van der Waals surface area (Å²) >= 11 is 0. The van der Waals surface area contributed by atoms with E-state index >= 15 is 0 Å². The molecule has 0 spiro atoms. The number of rotatable bonds is 4. The number of methoxy groups -OCH3 is 2. The van der Waals surface area contributed by atoms with Crippen LogP contribution in [0.2, 0.25) is 0 Å². The molecular formula is C15H16N2O4. The lowest BCUT2D eigenvalue weighted by Crippen LogP contribution is -2.15. The number of aryl methyl sites for hydroxylation is 2. The summed E-state index contributed by atoms with van der Waals surface area (Å²) in [5.41, 5.74) is 1.72. The third kappa shape index (κ3) is 3.28. The number of hydrogen-bond acceptors (Lipinski definition) is 6. The van der Waals surface area contributed by atoms with E-state index in [1.807, 2.05) is 32.0 Å². The molecule has 0 saturated heterocycles. The molecule has 6 heteroatoms. The molecule has 0 radical (unpaired) electrons. The Bertz CT molecular complexity index is 628. The van der Waals surface area contributed by atoms with Gasteiger partial charge in [0.1, 0.15) is 5.75 Å². The van der Waals surface area contributed by atoms with Crippen LogP contribution in [0, 0.1) is 13.8 Å². The minimum absolute atomic E-state index is 0.117. The van der Waals surface area contributed by atoms with E-state index in [-0.39, 0.29) is 17.6 Å². The second-order valence-electron chi connectivity index (χ2n) is 4.39. The van der Waals surface area contributed by atoms with Crippen LogP contribution in [-0.2, 0) is 0 Å². The highest BCUT2D eigenvalue weighted by Crippen LogP contribution is 2.23. The SMILES string of the molecule is COc1cc(OC)nc(C(=O)Oc2c(C)cccc2C)n1. The molecule has 6 nitrogen and oxygen atoms in total. The lowest BCUT2D eigenvalue weighted by atomic mass is 10.1. The Kier molecular flexibility index (Phi) is 4.37. The van der Waals surface area contributed by atoms with Gasteiger partial charge in [0.2, 0.25) is 17.6 Å². The van der Waals surface area contributed by atoms with Crippen molar-refractivity contribution >= 4 is 5.97 Å². The van der Waals surface area contributed by atoms with Gasteiger partial charge in [0.25, 0.3) is 0 Å². The zero-order valence-electron chi connectivity index (χ0n) is 12.3. The monoisotopic (exact) mass is 288 g/mol. The number of carbonyl (C=O) groups excluding carboxylic acids is 1. The standard InChI is InChI=1S/C15H16N2O4/c1-9-6-5-7-10(2)13(9)21-15(18)14-16-11(19-3)8-12(17-14)20-4/h5-8H,1-4H3. The molecule has 0 saturated carbocycles. The zero-order chi connectivity index (χ0) is 15.4. The van der Waals surface area contributed by atoms with Crippen LogP contribution in [0.15, 0.2) is 24.3 Å². The predicted molar refractivity (Wildman–Crippen MR) is 76.0 cm³/mol. The molecule has 21 heavy (non-hydrogen) atoms. The molecule has 0 aliphatic rings. The Hall–Kier alpha value is -2.63. The fourth-order valence-corrected chi connectivity index (χ4v) is 1.80. The molecular weight excluding hydrogens is 272 g/mol. The summed E-state index contributed by atoms with van der Waals surface area (Å²) in [7, 11) is 2.89. The van der Waals surface area contributed by atoms with Crippen LogP contribution in [0.3, 0.4) is 0 Å². The lowest BCUT2D eigenvalue weighted by molar-refractivity contribution is 0.0717. The summed E-state index contributed by atoms with van der Waals surface area (Å²) in [5, 5.41) is 0. The van der Waals surface area contributed by atoms with E-state index in [4.69, 9.17) is 14.2 Å². The fraction of sp³-hybridized carbons (Fsp3) is 0.267. The number of nitrogens with zero attached hydrogens (tertiary/aromatic N) is 2. The Morgan fingerprint density at radius 2 is 1.52 bits per heavy atom. The average molecular weight is 288 g/mol. The topological polar surface area (TPSA) is 70.5 Å². The predicted octanol–water partition coefficient (Wildman–Crippen LogP) is 2.33. The van der Waals surface area contributed by atoms with Crippen molar-refractivity contribution in [3.63, 3.8) is 0 Å². The van der Waals surface area contributed by atoms with Crippen molar-refractivity contribution in [3.05, 3.63) is 41.2 Å². The first-order valence-electron chi connectivity index (χ1n) is 6.30. The second-order valence-corrected chi connectivity index (χ2v) is 4.39. The number of aromatic nitrogens is 2. The van der Waals surface area contributed by atoms with Gasteiger partial charge in [-0.25, -0.2) is 4.79 Å². The van der Waals surface area contributed by atoms with Crippen LogP contribution in [0.4, 0.5) is 0 Å². The summed E-state index contributed by atoms with van der Waals surface area (Å²) in [6, 6.07) is 7.11. The van der Waals surface area contributed by atoms with Crippen molar-refractivity contribution in [1.29, 1.82) is 0 Å². The summed E-state index contributed by atoms with van der Waals surface area (Å²) in [5.74, 6) is 0.192. The third-order valence-electron chi connectivity index (χ3n) is 2.88. The van der Waals surface area contributed by atoms with Gasteiger partial charge in [-0.05, 0) is 25.0 Å². The first kappa shape index (κ1) is 14.8. The van der Waals surface area contributed by atoms with Gasteiger partial charge < -0.3 is 14.2 Å². The Morgan fingerprint density at radius 1 is 1.00 bits per heavy atom. The molecule has 110 valence electrons. The highest BCUT2D eigenvalue weighted by Gasteiger charge is 2.17. The Balaban J connectivity index is 2.32. The molecule has 0 amide bonds. The maximum atomic E-state index is 12.2. The summed E-state index contributed by atoms with van der Waals surface area (Å²) in [6.45, 7) is 3.73. The van der Waals surface area contributed by atoms with Crippen molar-refractivity contribution in [2.45, 2.75) is 13.8 Å². The van der Waals surface area contributed by atoms with E-state index in [9.17, 15) is 4.79 Å². The number of hydrogen-bond donors (Lipinski definition) is 0. The molecule has 0 N–H and O–H groups in total. The van der Waals surface area contributed by atoms with Crippen molar-refractivity contribution in [2.75, 3.05) is 14.2 Å². The number of esters is 1. The van der Waals surface area contributed by atoms with Gasteiger partial charge in [-0.15, -0.1) is 0 Å². The molecule has 2 aromatic rings. The molecule has 0 aliphatic carbocycles. The van der Waals surface area contributed by atoms with Gasteiger partial charge >= 0.3 is 5.97 Å². The van der Waals surface area contributed by atoms with Crippen molar-refractivity contribution in [2.24, 2.45) is 0 Å². The van der Waals surface area contributed by atoms with Crippen molar-refractivity contribution in [1.82, 2.24) is 9.97 Å². The maximum Gasteiger partial charge on any atom is 0.382 e. The van der Waals surface area contributed by atoms with Crippen LogP contribution in [0.25, 0.3) is 0 Å².